The van der Waals surface area contributed by atoms with Gasteiger partial charge in [-0.1, -0.05) is 36.4 Å². The molecule has 4 rings (SSSR count). The molecular formula is C29H31N5O6. The van der Waals surface area contributed by atoms with E-state index in [1.807, 2.05) is 35.2 Å². The third-order valence-corrected chi connectivity index (χ3v) is 6.56. The first-order valence-electron chi connectivity index (χ1n) is 12.8. The summed E-state index contributed by atoms with van der Waals surface area (Å²) >= 11 is 0. The second kappa shape index (κ2) is 13.2. The van der Waals surface area contributed by atoms with Crippen LogP contribution in [0.25, 0.3) is 0 Å². The van der Waals surface area contributed by atoms with Crippen molar-refractivity contribution in [2.24, 2.45) is 0 Å². The molecule has 0 saturated carbocycles. The van der Waals surface area contributed by atoms with E-state index in [0.717, 1.165) is 5.56 Å². The van der Waals surface area contributed by atoms with Crippen LogP contribution in [-0.4, -0.2) is 72.2 Å². The largest absolute Gasteiger partial charge is 0.481 e. The van der Waals surface area contributed by atoms with Crippen LogP contribution in [0.15, 0.2) is 73.1 Å². The summed E-state index contributed by atoms with van der Waals surface area (Å²) in [7, 11) is 1.34. The molecule has 1 aliphatic heterocycles. The van der Waals surface area contributed by atoms with Crippen molar-refractivity contribution in [3.63, 3.8) is 0 Å². The Labute approximate surface area is 231 Å². The summed E-state index contributed by atoms with van der Waals surface area (Å²) in [6.45, 7) is 1.89. The van der Waals surface area contributed by atoms with Gasteiger partial charge in [-0.2, -0.15) is 0 Å². The molecule has 3 amide bonds. The standard InChI is InChI=1S/C29H31N5O6/c1-40-29(39)34-14-12-33(13-15-34)25-10-9-21(17-24(25)31-26(35)16-20-6-3-2-4-7-20)28(38)32-23(18-27(36)37)22-8-5-11-30-19-22/h2-11,17,19,23H,12-16,18H2,1H3,(H,31,35)(H,32,38)(H,36,37). The van der Waals surface area contributed by atoms with Crippen LogP contribution in [0.5, 0.6) is 0 Å². The SMILES string of the molecule is COC(=O)N1CCN(c2ccc(C(=O)NC(CC(=O)O)c3cccnc3)cc2NC(=O)Cc2ccccc2)CC1. The predicted octanol–water partition coefficient (Wildman–Crippen LogP) is 3.10. The number of aromatic nitrogens is 1. The highest BCUT2D eigenvalue weighted by Crippen LogP contribution is 2.29. The summed E-state index contributed by atoms with van der Waals surface area (Å²) in [5, 5.41) is 15.1. The predicted molar refractivity (Wildman–Crippen MR) is 148 cm³/mol. The summed E-state index contributed by atoms with van der Waals surface area (Å²) in [6, 6.07) is 16.8. The number of amides is 3. The number of rotatable bonds is 9. The zero-order chi connectivity index (χ0) is 28.5. The Bertz CT molecular complexity index is 1340. The van der Waals surface area contributed by atoms with Crippen molar-refractivity contribution in [2.75, 3.05) is 43.5 Å². The van der Waals surface area contributed by atoms with Crippen molar-refractivity contribution in [3.8, 4) is 0 Å². The normalized spacial score (nSPS) is 13.7. The lowest BCUT2D eigenvalue weighted by Crippen LogP contribution is -2.49. The molecule has 2 aromatic carbocycles. The summed E-state index contributed by atoms with van der Waals surface area (Å²) in [6.07, 6.45) is 2.51. The van der Waals surface area contributed by atoms with E-state index in [-0.39, 0.29) is 24.3 Å². The molecule has 0 bridgehead atoms. The number of hydrogen-bond acceptors (Lipinski definition) is 7. The van der Waals surface area contributed by atoms with Crippen molar-refractivity contribution in [2.45, 2.75) is 18.9 Å². The molecule has 11 heteroatoms. The zero-order valence-electron chi connectivity index (χ0n) is 22.1. The van der Waals surface area contributed by atoms with E-state index in [0.29, 0.717) is 43.1 Å². The minimum atomic E-state index is -1.07. The van der Waals surface area contributed by atoms with Crippen molar-refractivity contribution in [1.82, 2.24) is 15.2 Å². The first-order valence-corrected chi connectivity index (χ1v) is 12.8. The van der Waals surface area contributed by atoms with Crippen molar-refractivity contribution >= 4 is 35.3 Å². The number of aliphatic carboxylic acids is 1. The lowest BCUT2D eigenvalue weighted by molar-refractivity contribution is -0.137. The molecule has 3 N–H and O–H groups in total. The Morgan fingerprint density at radius 3 is 2.40 bits per heavy atom. The highest BCUT2D eigenvalue weighted by molar-refractivity contribution is 6.00. The van der Waals surface area contributed by atoms with E-state index in [9.17, 15) is 24.3 Å². The maximum Gasteiger partial charge on any atom is 0.409 e. The molecule has 0 aliphatic carbocycles. The fourth-order valence-electron chi connectivity index (χ4n) is 4.54. The number of carboxylic acids is 1. The summed E-state index contributed by atoms with van der Waals surface area (Å²) in [5.74, 6) is -1.81. The van der Waals surface area contributed by atoms with Gasteiger partial charge >= 0.3 is 12.1 Å². The van der Waals surface area contributed by atoms with Crippen LogP contribution in [0, 0.1) is 0 Å². The number of hydrogen-bond donors (Lipinski definition) is 3. The molecule has 0 radical (unpaired) electrons. The molecule has 11 nitrogen and oxygen atoms in total. The Hall–Kier alpha value is -4.93. The third kappa shape index (κ3) is 7.34. The lowest BCUT2D eigenvalue weighted by atomic mass is 10.0. The van der Waals surface area contributed by atoms with Crippen LogP contribution in [-0.2, 0) is 20.7 Å². The topological polar surface area (TPSA) is 141 Å². The fourth-order valence-corrected chi connectivity index (χ4v) is 4.54. The number of ether oxygens (including phenoxy) is 1. The van der Waals surface area contributed by atoms with E-state index in [4.69, 9.17) is 4.74 Å². The molecule has 40 heavy (non-hydrogen) atoms. The highest BCUT2D eigenvalue weighted by Gasteiger charge is 2.25. The monoisotopic (exact) mass is 545 g/mol. The molecule has 3 aromatic rings. The molecule has 208 valence electrons. The highest BCUT2D eigenvalue weighted by atomic mass is 16.5. The average Bonchev–Trinajstić information content (AvgIpc) is 2.97. The lowest BCUT2D eigenvalue weighted by Gasteiger charge is -2.36. The van der Waals surface area contributed by atoms with Gasteiger partial charge in [0.1, 0.15) is 0 Å². The van der Waals surface area contributed by atoms with Crippen molar-refractivity contribution in [1.29, 1.82) is 0 Å². The van der Waals surface area contributed by atoms with Crippen LogP contribution in [0.2, 0.25) is 0 Å². The van der Waals surface area contributed by atoms with Crippen LogP contribution < -0.4 is 15.5 Å². The Kier molecular flexibility index (Phi) is 9.29. The van der Waals surface area contributed by atoms with Crippen LogP contribution in [0.1, 0.15) is 33.9 Å². The number of carbonyl (C=O) groups is 4. The number of anilines is 2. The minimum absolute atomic E-state index is 0.147. The number of nitrogens with one attached hydrogen (secondary N) is 2. The number of pyridine rings is 1. The van der Waals surface area contributed by atoms with Crippen LogP contribution in [0.4, 0.5) is 16.2 Å². The molecule has 1 atom stereocenters. The van der Waals surface area contributed by atoms with Crippen LogP contribution in [0.3, 0.4) is 0 Å². The molecule has 1 saturated heterocycles. The maximum atomic E-state index is 13.3. The second-order valence-corrected chi connectivity index (χ2v) is 9.30. The van der Waals surface area contributed by atoms with Gasteiger partial charge in [-0.15, -0.1) is 0 Å². The summed E-state index contributed by atoms with van der Waals surface area (Å²) in [5.41, 5.74) is 2.81. The zero-order valence-corrected chi connectivity index (χ0v) is 22.1. The molecule has 1 aliphatic rings. The quantitative estimate of drug-likeness (QED) is 0.373. The Morgan fingerprint density at radius 2 is 1.75 bits per heavy atom. The number of carboxylic acid groups (broad SMARTS) is 1. The van der Waals surface area contributed by atoms with Gasteiger partial charge in [0.05, 0.1) is 37.4 Å². The fraction of sp³-hybridized carbons (Fsp3) is 0.276. The number of methoxy groups -OCH3 is 1. The van der Waals surface area contributed by atoms with Gasteiger partial charge in [0.25, 0.3) is 5.91 Å². The van der Waals surface area contributed by atoms with Gasteiger partial charge in [0.15, 0.2) is 0 Å². The van der Waals surface area contributed by atoms with E-state index in [2.05, 4.69) is 15.6 Å². The van der Waals surface area contributed by atoms with E-state index >= 15 is 0 Å². The number of benzene rings is 2. The number of nitrogens with zero attached hydrogens (tertiary/aromatic N) is 3. The van der Waals surface area contributed by atoms with Crippen molar-refractivity contribution < 1.29 is 29.0 Å². The smallest absolute Gasteiger partial charge is 0.409 e. The van der Waals surface area contributed by atoms with Gasteiger partial charge in [0, 0.05) is 44.1 Å². The summed E-state index contributed by atoms with van der Waals surface area (Å²) < 4.78 is 4.82. The first-order chi connectivity index (χ1) is 19.3. The molecule has 1 aromatic heterocycles. The Balaban J connectivity index is 1.57. The number of carbonyl (C=O) groups excluding carboxylic acids is 3. The third-order valence-electron chi connectivity index (χ3n) is 6.56. The minimum Gasteiger partial charge on any atom is -0.481 e. The molecule has 1 unspecified atom stereocenters. The van der Waals surface area contributed by atoms with Crippen molar-refractivity contribution in [3.05, 3.63) is 89.7 Å². The van der Waals surface area contributed by atoms with Gasteiger partial charge in [0.2, 0.25) is 5.91 Å². The molecule has 0 spiro atoms. The van der Waals surface area contributed by atoms with Gasteiger partial charge in [-0.05, 0) is 35.4 Å². The Morgan fingerprint density at radius 1 is 1.00 bits per heavy atom. The van der Waals surface area contributed by atoms with E-state index in [1.165, 1.54) is 13.3 Å². The first kappa shape index (κ1) is 28.1. The summed E-state index contributed by atoms with van der Waals surface area (Å²) in [4.78, 5) is 57.3. The van der Waals surface area contributed by atoms with Crippen LogP contribution >= 0.6 is 0 Å². The van der Waals surface area contributed by atoms with Gasteiger partial charge < -0.3 is 30.3 Å². The second-order valence-electron chi connectivity index (χ2n) is 9.30. The van der Waals surface area contributed by atoms with Gasteiger partial charge in [-0.3, -0.25) is 19.4 Å². The van der Waals surface area contributed by atoms with E-state index in [1.54, 1.807) is 41.4 Å². The number of piperazine rings is 1. The van der Waals surface area contributed by atoms with Gasteiger partial charge in [-0.25, -0.2) is 4.79 Å². The van der Waals surface area contributed by atoms with E-state index < -0.39 is 24.0 Å². The molecule has 1 fully saturated rings. The molecular weight excluding hydrogens is 514 g/mol. The average molecular weight is 546 g/mol. The molecule has 2 heterocycles. The maximum absolute atomic E-state index is 13.3.